The lowest BCUT2D eigenvalue weighted by molar-refractivity contribution is 0.0518. The Bertz CT molecular complexity index is 703. The van der Waals surface area contributed by atoms with Crippen LogP contribution >= 0.6 is 27.5 Å². The molecule has 0 bridgehead atoms. The Balaban J connectivity index is 2.62. The van der Waals surface area contributed by atoms with Gasteiger partial charge in [0.2, 0.25) is 0 Å². The molecule has 0 radical (unpaired) electrons. The Morgan fingerprint density at radius 2 is 2.18 bits per heavy atom. The molecule has 118 valence electrons. The third-order valence-electron chi connectivity index (χ3n) is 2.93. The summed E-state index contributed by atoms with van der Waals surface area (Å²) in [4.78, 5) is 16.3. The van der Waals surface area contributed by atoms with Gasteiger partial charge in [-0.15, -0.1) is 0 Å². The quantitative estimate of drug-likeness (QED) is 0.733. The first-order valence-electron chi connectivity index (χ1n) is 6.66. The molecule has 0 aliphatic rings. The second-order valence-corrected chi connectivity index (χ2v) is 5.55. The molecular weight excluding hydrogens is 374 g/mol. The first kappa shape index (κ1) is 16.8. The van der Waals surface area contributed by atoms with Crippen molar-refractivity contribution in [2.75, 3.05) is 13.7 Å². The van der Waals surface area contributed by atoms with Crippen molar-refractivity contribution in [2.45, 2.75) is 20.4 Å². The highest BCUT2D eigenvalue weighted by Gasteiger charge is 2.26. The van der Waals surface area contributed by atoms with E-state index in [4.69, 9.17) is 21.1 Å². The Kier molecular flexibility index (Phi) is 5.42. The van der Waals surface area contributed by atoms with Crippen molar-refractivity contribution in [3.63, 3.8) is 0 Å². The van der Waals surface area contributed by atoms with E-state index >= 15 is 0 Å². The van der Waals surface area contributed by atoms with E-state index in [1.165, 1.54) is 0 Å². The van der Waals surface area contributed by atoms with E-state index in [1.807, 2.05) is 6.92 Å². The zero-order chi connectivity index (χ0) is 16.3. The fourth-order valence-electron chi connectivity index (χ4n) is 1.98. The topological polar surface area (TPSA) is 66.2 Å². The molecule has 8 heteroatoms. The van der Waals surface area contributed by atoms with Gasteiger partial charge in [-0.25, -0.2) is 9.78 Å². The SMILES string of the molecule is CCOC(=O)c1nn(CC)c(-c2ncc(Br)cc2OC)c1Cl. The maximum atomic E-state index is 11.9. The molecule has 0 aromatic carbocycles. The lowest BCUT2D eigenvalue weighted by atomic mass is 10.2. The number of methoxy groups -OCH3 is 1. The van der Waals surface area contributed by atoms with Gasteiger partial charge in [0.1, 0.15) is 22.2 Å². The maximum Gasteiger partial charge on any atom is 0.360 e. The molecule has 0 N–H and O–H groups in total. The van der Waals surface area contributed by atoms with Gasteiger partial charge in [-0.05, 0) is 35.8 Å². The third kappa shape index (κ3) is 3.10. The molecule has 6 nitrogen and oxygen atoms in total. The molecular formula is C14H15BrClN3O3. The number of ether oxygens (including phenoxy) is 2. The standard InChI is InChI=1S/C14H15BrClN3O3/c1-4-19-13(10(16)12(18-19)14(20)22-5-2)11-9(21-3)6-8(15)7-17-11/h6-7H,4-5H2,1-3H3. The predicted octanol–water partition coefficient (Wildman–Crippen LogP) is 3.57. The molecule has 0 aliphatic carbocycles. The van der Waals surface area contributed by atoms with E-state index in [1.54, 1.807) is 31.0 Å². The van der Waals surface area contributed by atoms with E-state index in [0.717, 1.165) is 4.47 Å². The van der Waals surface area contributed by atoms with E-state index in [-0.39, 0.29) is 17.3 Å². The predicted molar refractivity (Wildman–Crippen MR) is 86.4 cm³/mol. The summed E-state index contributed by atoms with van der Waals surface area (Å²) in [5.74, 6) is -0.0293. The van der Waals surface area contributed by atoms with Gasteiger partial charge in [-0.3, -0.25) is 4.68 Å². The van der Waals surface area contributed by atoms with Crippen LogP contribution in [-0.4, -0.2) is 34.5 Å². The fourth-order valence-corrected chi connectivity index (χ4v) is 2.59. The molecule has 0 saturated heterocycles. The lowest BCUT2D eigenvalue weighted by Crippen LogP contribution is -2.07. The average Bonchev–Trinajstić information content (AvgIpc) is 2.84. The average molecular weight is 389 g/mol. The maximum absolute atomic E-state index is 11.9. The molecule has 22 heavy (non-hydrogen) atoms. The van der Waals surface area contributed by atoms with Crippen LogP contribution in [0.2, 0.25) is 5.02 Å². The highest BCUT2D eigenvalue weighted by Crippen LogP contribution is 2.36. The number of carbonyl (C=O) groups is 1. The van der Waals surface area contributed by atoms with Crippen LogP contribution in [0.25, 0.3) is 11.4 Å². The summed E-state index contributed by atoms with van der Waals surface area (Å²) >= 11 is 9.69. The van der Waals surface area contributed by atoms with Crippen LogP contribution in [0, 0.1) is 0 Å². The minimum Gasteiger partial charge on any atom is -0.494 e. The van der Waals surface area contributed by atoms with Crippen LogP contribution in [0.1, 0.15) is 24.3 Å². The lowest BCUT2D eigenvalue weighted by Gasteiger charge is -2.09. The van der Waals surface area contributed by atoms with Crippen LogP contribution < -0.4 is 4.74 Å². The molecule has 0 spiro atoms. The van der Waals surface area contributed by atoms with Crippen molar-refractivity contribution in [1.29, 1.82) is 0 Å². The number of rotatable bonds is 5. The molecule has 0 fully saturated rings. The third-order valence-corrected chi connectivity index (χ3v) is 3.72. The van der Waals surface area contributed by atoms with Gasteiger partial charge >= 0.3 is 5.97 Å². The smallest absolute Gasteiger partial charge is 0.360 e. The van der Waals surface area contributed by atoms with Gasteiger partial charge in [-0.1, -0.05) is 11.6 Å². The van der Waals surface area contributed by atoms with E-state index in [9.17, 15) is 4.79 Å². The van der Waals surface area contributed by atoms with Gasteiger partial charge in [0.15, 0.2) is 5.69 Å². The second kappa shape index (κ2) is 7.11. The minimum absolute atomic E-state index is 0.0761. The number of nitrogens with zero attached hydrogens (tertiary/aromatic N) is 3. The van der Waals surface area contributed by atoms with Crippen LogP contribution in [0.5, 0.6) is 5.75 Å². The monoisotopic (exact) mass is 387 g/mol. The summed E-state index contributed by atoms with van der Waals surface area (Å²) in [5, 5.41) is 4.43. The Morgan fingerprint density at radius 3 is 2.77 bits per heavy atom. The number of pyridine rings is 1. The summed E-state index contributed by atoms with van der Waals surface area (Å²) in [6, 6.07) is 1.77. The molecule has 0 aliphatic heterocycles. The normalized spacial score (nSPS) is 10.6. The molecule has 0 amide bonds. The Hall–Kier alpha value is -1.60. The van der Waals surface area contributed by atoms with Crippen molar-refractivity contribution in [2.24, 2.45) is 0 Å². The van der Waals surface area contributed by atoms with Crippen LogP contribution in [0.3, 0.4) is 0 Å². The van der Waals surface area contributed by atoms with Gasteiger partial charge < -0.3 is 9.47 Å². The highest BCUT2D eigenvalue weighted by molar-refractivity contribution is 9.10. The minimum atomic E-state index is -0.558. The van der Waals surface area contributed by atoms with E-state index in [2.05, 4.69) is 26.0 Å². The first-order chi connectivity index (χ1) is 10.5. The summed E-state index contributed by atoms with van der Waals surface area (Å²) in [6.07, 6.45) is 1.63. The number of carbonyl (C=O) groups excluding carboxylic acids is 1. The van der Waals surface area contributed by atoms with E-state index in [0.29, 0.717) is 23.7 Å². The number of aryl methyl sites for hydroxylation is 1. The number of hydrogen-bond donors (Lipinski definition) is 0. The second-order valence-electron chi connectivity index (χ2n) is 4.25. The van der Waals surface area contributed by atoms with Gasteiger partial charge in [0, 0.05) is 17.2 Å². The summed E-state index contributed by atoms with van der Waals surface area (Å²) in [5.41, 5.74) is 1.12. The zero-order valence-electron chi connectivity index (χ0n) is 12.4. The summed E-state index contributed by atoms with van der Waals surface area (Å²) in [7, 11) is 1.54. The van der Waals surface area contributed by atoms with Crippen LogP contribution in [-0.2, 0) is 11.3 Å². The molecule has 0 atom stereocenters. The van der Waals surface area contributed by atoms with Crippen LogP contribution in [0.15, 0.2) is 16.7 Å². The van der Waals surface area contributed by atoms with Crippen molar-refractivity contribution in [1.82, 2.24) is 14.8 Å². The van der Waals surface area contributed by atoms with Crippen molar-refractivity contribution in [3.05, 3.63) is 27.5 Å². The van der Waals surface area contributed by atoms with Gasteiger partial charge in [0.25, 0.3) is 0 Å². The highest BCUT2D eigenvalue weighted by atomic mass is 79.9. The van der Waals surface area contributed by atoms with Crippen LogP contribution in [0.4, 0.5) is 0 Å². The molecule has 2 heterocycles. The van der Waals surface area contributed by atoms with E-state index < -0.39 is 5.97 Å². The number of aromatic nitrogens is 3. The zero-order valence-corrected chi connectivity index (χ0v) is 14.7. The number of hydrogen-bond acceptors (Lipinski definition) is 5. The summed E-state index contributed by atoms with van der Waals surface area (Å²) in [6.45, 7) is 4.40. The Labute approximate surface area is 141 Å². The van der Waals surface area contributed by atoms with Crippen molar-refractivity contribution in [3.8, 4) is 17.1 Å². The molecule has 0 saturated carbocycles. The molecule has 2 aromatic heterocycles. The van der Waals surface area contributed by atoms with Crippen molar-refractivity contribution >= 4 is 33.5 Å². The largest absolute Gasteiger partial charge is 0.494 e. The fraction of sp³-hybridized carbons (Fsp3) is 0.357. The molecule has 0 unspecified atom stereocenters. The summed E-state index contributed by atoms with van der Waals surface area (Å²) < 4.78 is 12.7. The van der Waals surface area contributed by atoms with Gasteiger partial charge in [-0.2, -0.15) is 5.10 Å². The number of esters is 1. The first-order valence-corrected chi connectivity index (χ1v) is 7.83. The van der Waals surface area contributed by atoms with Crippen molar-refractivity contribution < 1.29 is 14.3 Å². The molecule has 2 aromatic rings. The molecule has 2 rings (SSSR count). The Morgan fingerprint density at radius 1 is 1.45 bits per heavy atom. The van der Waals surface area contributed by atoms with Gasteiger partial charge in [0.05, 0.1) is 13.7 Å². The number of halogens is 2.